The lowest BCUT2D eigenvalue weighted by Gasteiger charge is -2.19. The Bertz CT molecular complexity index is 186. The third-order valence-electron chi connectivity index (χ3n) is 1.89. The summed E-state index contributed by atoms with van der Waals surface area (Å²) < 4.78 is 0. The van der Waals surface area contributed by atoms with Crippen LogP contribution in [0.1, 0.15) is 13.3 Å². The van der Waals surface area contributed by atoms with Crippen molar-refractivity contribution >= 4 is 17.7 Å². The zero-order valence-corrected chi connectivity index (χ0v) is 8.04. The van der Waals surface area contributed by atoms with Crippen molar-refractivity contribution in [3.8, 4) is 0 Å². The lowest BCUT2D eigenvalue weighted by atomic mass is 10.3. The van der Waals surface area contributed by atoms with E-state index in [9.17, 15) is 9.90 Å². The number of amides is 1. The minimum atomic E-state index is -0.673. The molecule has 70 valence electrons. The molecule has 0 radical (unpaired) electrons. The van der Waals surface area contributed by atoms with Crippen molar-refractivity contribution in [2.45, 2.75) is 30.2 Å². The highest BCUT2D eigenvalue weighted by molar-refractivity contribution is 8.00. The molecule has 1 amide bonds. The summed E-state index contributed by atoms with van der Waals surface area (Å²) in [6.07, 6.45) is -0.280. The molecule has 1 aliphatic rings. The number of rotatable bonds is 2. The van der Waals surface area contributed by atoms with Gasteiger partial charge in [0.05, 0.1) is 5.25 Å². The standard InChI is InChI=1S/C7H14N2O2S/c1-4(8)12-5-3-6(10)9(2)7(5)11/h4-5,7,11H,3,8H2,1-2H3. The lowest BCUT2D eigenvalue weighted by Crippen LogP contribution is -2.33. The van der Waals surface area contributed by atoms with Gasteiger partial charge in [-0.2, -0.15) is 0 Å². The van der Waals surface area contributed by atoms with Crippen LogP contribution in [0.5, 0.6) is 0 Å². The number of thioether (sulfide) groups is 1. The number of nitrogens with two attached hydrogens (primary N) is 1. The molecule has 0 aromatic heterocycles. The molecule has 12 heavy (non-hydrogen) atoms. The summed E-state index contributed by atoms with van der Waals surface area (Å²) in [5.74, 6) is -0.0133. The van der Waals surface area contributed by atoms with Crippen LogP contribution in [-0.4, -0.2) is 39.8 Å². The predicted molar refractivity (Wildman–Crippen MR) is 48.4 cm³/mol. The van der Waals surface area contributed by atoms with Gasteiger partial charge in [-0.05, 0) is 6.92 Å². The highest BCUT2D eigenvalue weighted by Gasteiger charge is 2.36. The second-order valence-electron chi connectivity index (χ2n) is 3.00. The first kappa shape index (κ1) is 9.83. The molecule has 0 aromatic carbocycles. The van der Waals surface area contributed by atoms with Crippen LogP contribution in [0, 0.1) is 0 Å². The summed E-state index contributed by atoms with van der Waals surface area (Å²) in [6, 6.07) is 0. The van der Waals surface area contributed by atoms with Gasteiger partial charge in [-0.3, -0.25) is 4.79 Å². The van der Waals surface area contributed by atoms with Gasteiger partial charge < -0.3 is 15.7 Å². The zero-order valence-electron chi connectivity index (χ0n) is 7.23. The van der Waals surface area contributed by atoms with Crippen molar-refractivity contribution in [3.05, 3.63) is 0 Å². The molecule has 3 atom stereocenters. The molecule has 0 spiro atoms. The minimum absolute atomic E-state index is 0.0133. The summed E-state index contributed by atoms with van der Waals surface area (Å²) >= 11 is 1.44. The van der Waals surface area contributed by atoms with Crippen molar-refractivity contribution in [2.24, 2.45) is 5.73 Å². The Hall–Kier alpha value is -0.260. The van der Waals surface area contributed by atoms with Crippen LogP contribution in [0.15, 0.2) is 0 Å². The van der Waals surface area contributed by atoms with E-state index in [2.05, 4.69) is 0 Å². The van der Waals surface area contributed by atoms with Crippen LogP contribution in [0.3, 0.4) is 0 Å². The third-order valence-corrected chi connectivity index (χ3v) is 3.08. The highest BCUT2D eigenvalue weighted by atomic mass is 32.2. The number of likely N-dealkylation sites (tertiary alicyclic amines) is 1. The lowest BCUT2D eigenvalue weighted by molar-refractivity contribution is -0.131. The van der Waals surface area contributed by atoms with E-state index >= 15 is 0 Å². The van der Waals surface area contributed by atoms with Gasteiger partial charge in [0.1, 0.15) is 6.23 Å². The Kier molecular flexibility index (Phi) is 2.98. The summed E-state index contributed by atoms with van der Waals surface area (Å²) in [7, 11) is 1.61. The average Bonchev–Trinajstić information content (AvgIpc) is 2.17. The molecule has 0 aliphatic carbocycles. The van der Waals surface area contributed by atoms with Crippen molar-refractivity contribution in [2.75, 3.05) is 7.05 Å². The quantitative estimate of drug-likeness (QED) is 0.580. The van der Waals surface area contributed by atoms with Crippen molar-refractivity contribution < 1.29 is 9.90 Å². The van der Waals surface area contributed by atoms with E-state index < -0.39 is 6.23 Å². The van der Waals surface area contributed by atoms with Gasteiger partial charge in [0, 0.05) is 18.8 Å². The third kappa shape index (κ3) is 1.91. The van der Waals surface area contributed by atoms with Gasteiger partial charge in [-0.15, -0.1) is 11.8 Å². The number of carbonyl (C=O) groups is 1. The van der Waals surface area contributed by atoms with Crippen LogP contribution in [0.2, 0.25) is 0 Å². The summed E-state index contributed by atoms with van der Waals surface area (Å²) in [6.45, 7) is 1.85. The predicted octanol–water partition coefficient (Wildman–Crippen LogP) is -0.427. The fourth-order valence-corrected chi connectivity index (χ4v) is 2.33. The Morgan fingerprint density at radius 2 is 2.42 bits per heavy atom. The molecule has 5 heteroatoms. The molecule has 3 unspecified atom stereocenters. The van der Waals surface area contributed by atoms with Crippen molar-refractivity contribution in [1.29, 1.82) is 0 Å². The van der Waals surface area contributed by atoms with E-state index in [0.29, 0.717) is 6.42 Å². The number of aliphatic hydroxyl groups excluding tert-OH is 1. The Labute approximate surface area is 76.1 Å². The largest absolute Gasteiger partial charge is 0.372 e. The number of hydrogen-bond donors (Lipinski definition) is 2. The van der Waals surface area contributed by atoms with Crippen LogP contribution < -0.4 is 5.73 Å². The summed E-state index contributed by atoms with van der Waals surface area (Å²) in [5, 5.41) is 9.40. The Morgan fingerprint density at radius 1 is 1.83 bits per heavy atom. The molecule has 1 aliphatic heterocycles. The monoisotopic (exact) mass is 190 g/mol. The molecular weight excluding hydrogens is 176 g/mol. The maximum absolute atomic E-state index is 11.1. The molecule has 0 saturated carbocycles. The molecule has 0 bridgehead atoms. The highest BCUT2D eigenvalue weighted by Crippen LogP contribution is 2.28. The van der Waals surface area contributed by atoms with Gasteiger partial charge in [0.2, 0.25) is 5.91 Å². The maximum atomic E-state index is 11.1. The van der Waals surface area contributed by atoms with Gasteiger partial charge in [-0.1, -0.05) is 0 Å². The van der Waals surface area contributed by atoms with Gasteiger partial charge in [0.15, 0.2) is 0 Å². The van der Waals surface area contributed by atoms with Crippen molar-refractivity contribution in [3.63, 3.8) is 0 Å². The van der Waals surface area contributed by atoms with Gasteiger partial charge in [-0.25, -0.2) is 0 Å². The van der Waals surface area contributed by atoms with Crippen LogP contribution in [0.4, 0.5) is 0 Å². The first-order valence-corrected chi connectivity index (χ1v) is 4.81. The van der Waals surface area contributed by atoms with E-state index in [0.717, 1.165) is 0 Å². The molecule has 1 rings (SSSR count). The Balaban J connectivity index is 2.53. The molecule has 4 nitrogen and oxygen atoms in total. The zero-order chi connectivity index (χ0) is 9.30. The van der Waals surface area contributed by atoms with E-state index in [-0.39, 0.29) is 16.5 Å². The van der Waals surface area contributed by atoms with E-state index in [1.54, 1.807) is 7.05 Å². The molecule has 0 aromatic rings. The average molecular weight is 190 g/mol. The van der Waals surface area contributed by atoms with Gasteiger partial charge in [0.25, 0.3) is 0 Å². The number of hydrogen-bond acceptors (Lipinski definition) is 4. The summed E-state index contributed by atoms with van der Waals surface area (Å²) in [5.41, 5.74) is 5.55. The second kappa shape index (κ2) is 3.64. The normalized spacial score (nSPS) is 32.7. The molecular formula is C7H14N2O2S. The fraction of sp³-hybridized carbons (Fsp3) is 0.857. The molecule has 3 N–H and O–H groups in total. The Morgan fingerprint density at radius 3 is 2.75 bits per heavy atom. The number of nitrogens with zero attached hydrogens (tertiary/aromatic N) is 1. The van der Waals surface area contributed by atoms with E-state index in [1.807, 2.05) is 6.92 Å². The van der Waals surface area contributed by atoms with Crippen molar-refractivity contribution in [1.82, 2.24) is 4.90 Å². The first-order valence-electron chi connectivity index (χ1n) is 3.87. The summed E-state index contributed by atoms with van der Waals surface area (Å²) in [4.78, 5) is 12.4. The maximum Gasteiger partial charge on any atom is 0.225 e. The van der Waals surface area contributed by atoms with Crippen LogP contribution >= 0.6 is 11.8 Å². The van der Waals surface area contributed by atoms with Crippen LogP contribution in [-0.2, 0) is 4.79 Å². The topological polar surface area (TPSA) is 66.6 Å². The molecule has 1 saturated heterocycles. The smallest absolute Gasteiger partial charge is 0.225 e. The van der Waals surface area contributed by atoms with E-state index in [1.165, 1.54) is 16.7 Å². The van der Waals surface area contributed by atoms with Gasteiger partial charge >= 0.3 is 0 Å². The number of aliphatic hydroxyl groups is 1. The van der Waals surface area contributed by atoms with E-state index in [4.69, 9.17) is 5.73 Å². The fourth-order valence-electron chi connectivity index (χ4n) is 1.21. The molecule has 1 heterocycles. The number of carbonyl (C=O) groups excluding carboxylic acids is 1. The SMILES string of the molecule is CC(N)SC1CC(=O)N(C)C1O. The second-order valence-corrected chi connectivity index (χ2v) is 4.62. The van der Waals surface area contributed by atoms with Crippen LogP contribution in [0.25, 0.3) is 0 Å². The first-order chi connectivity index (χ1) is 5.52. The molecule has 1 fully saturated rings. The minimum Gasteiger partial charge on any atom is -0.372 e.